The van der Waals surface area contributed by atoms with E-state index in [0.717, 1.165) is 23.5 Å². The fraction of sp³-hybridized carbons (Fsp3) is 0.538. The van der Waals surface area contributed by atoms with Crippen molar-refractivity contribution in [1.29, 1.82) is 5.26 Å². The van der Waals surface area contributed by atoms with Crippen LogP contribution in [-0.4, -0.2) is 28.6 Å². The van der Waals surface area contributed by atoms with E-state index in [4.69, 9.17) is 10.4 Å². The average molecular weight is 264 g/mol. The van der Waals surface area contributed by atoms with Crippen LogP contribution in [0.4, 0.5) is 0 Å². The minimum Gasteiger partial charge on any atom is -0.477 e. The van der Waals surface area contributed by atoms with Gasteiger partial charge in [-0.3, -0.25) is 4.90 Å². The van der Waals surface area contributed by atoms with Gasteiger partial charge >= 0.3 is 5.97 Å². The Morgan fingerprint density at radius 3 is 2.89 bits per heavy atom. The molecular weight excluding hydrogens is 248 g/mol. The summed E-state index contributed by atoms with van der Waals surface area (Å²) in [5, 5.41) is 17.6. The second-order valence-corrected chi connectivity index (χ2v) is 5.86. The lowest BCUT2D eigenvalue weighted by Crippen LogP contribution is -2.26. The van der Waals surface area contributed by atoms with Crippen LogP contribution in [0.1, 0.15) is 39.4 Å². The number of carboxylic acid groups (broad SMARTS) is 1. The Hall–Kier alpha value is -1.38. The van der Waals surface area contributed by atoms with Crippen LogP contribution in [0.25, 0.3) is 0 Å². The van der Waals surface area contributed by atoms with Crippen molar-refractivity contribution >= 4 is 17.3 Å². The number of hydrogen-bond donors (Lipinski definition) is 1. The van der Waals surface area contributed by atoms with Crippen LogP contribution in [0, 0.1) is 18.3 Å². The molecule has 0 spiro atoms. The number of carbonyl (C=O) groups is 1. The van der Waals surface area contributed by atoms with Crippen molar-refractivity contribution in [3.63, 3.8) is 0 Å². The molecule has 0 bridgehead atoms. The molecule has 0 atom stereocenters. The summed E-state index contributed by atoms with van der Waals surface area (Å²) in [5.74, 6) is -0.857. The molecule has 1 aromatic rings. The smallest absolute Gasteiger partial charge is 0.345 e. The summed E-state index contributed by atoms with van der Waals surface area (Å²) in [7, 11) is 0. The minimum atomic E-state index is -0.857. The highest BCUT2D eigenvalue weighted by Crippen LogP contribution is 2.30. The van der Waals surface area contributed by atoms with Crippen LogP contribution >= 0.6 is 11.3 Å². The fourth-order valence-corrected chi connectivity index (χ4v) is 2.90. The highest BCUT2D eigenvalue weighted by atomic mass is 32.1. The fourth-order valence-electron chi connectivity index (χ4n) is 2.03. The minimum absolute atomic E-state index is 0.401. The molecule has 0 unspecified atom stereocenters. The Kier molecular flexibility index (Phi) is 4.00. The maximum absolute atomic E-state index is 10.9. The molecule has 0 aromatic carbocycles. The topological polar surface area (TPSA) is 64.3 Å². The maximum atomic E-state index is 10.9. The van der Waals surface area contributed by atoms with Gasteiger partial charge in [0.15, 0.2) is 0 Å². The second-order valence-electron chi connectivity index (χ2n) is 4.61. The van der Waals surface area contributed by atoms with Crippen molar-refractivity contribution < 1.29 is 9.90 Å². The van der Waals surface area contributed by atoms with Crippen molar-refractivity contribution in [2.24, 2.45) is 0 Å². The highest BCUT2D eigenvalue weighted by Gasteiger charge is 2.29. The van der Waals surface area contributed by atoms with Crippen LogP contribution < -0.4 is 0 Å². The summed E-state index contributed by atoms with van der Waals surface area (Å²) >= 11 is 1.33. The van der Waals surface area contributed by atoms with Gasteiger partial charge in [-0.1, -0.05) is 0 Å². The van der Waals surface area contributed by atoms with Gasteiger partial charge in [0.25, 0.3) is 0 Å². The predicted octanol–water partition coefficient (Wildman–Crippen LogP) is 2.63. The van der Waals surface area contributed by atoms with Crippen molar-refractivity contribution in [1.82, 2.24) is 4.90 Å². The zero-order valence-electron chi connectivity index (χ0n) is 10.3. The lowest BCUT2D eigenvalue weighted by atomic mass is 10.2. The van der Waals surface area contributed by atoms with Crippen LogP contribution in [0.15, 0.2) is 6.07 Å². The van der Waals surface area contributed by atoms with Gasteiger partial charge in [-0.05, 0) is 31.4 Å². The van der Waals surface area contributed by atoms with E-state index < -0.39 is 5.97 Å². The van der Waals surface area contributed by atoms with Crippen molar-refractivity contribution in [2.75, 3.05) is 6.54 Å². The number of aryl methyl sites for hydroxylation is 1. The zero-order chi connectivity index (χ0) is 13.1. The molecule has 1 N–H and O–H groups in total. The number of aromatic carboxylic acids is 1. The Morgan fingerprint density at radius 1 is 1.67 bits per heavy atom. The molecule has 1 saturated carbocycles. The van der Waals surface area contributed by atoms with Crippen LogP contribution in [0.2, 0.25) is 0 Å². The summed E-state index contributed by atoms with van der Waals surface area (Å²) < 4.78 is 0. The van der Waals surface area contributed by atoms with Crippen LogP contribution in [0.3, 0.4) is 0 Å². The van der Waals surface area contributed by atoms with E-state index >= 15 is 0 Å². The van der Waals surface area contributed by atoms with Gasteiger partial charge in [-0.25, -0.2) is 4.79 Å². The normalized spacial score (nSPS) is 14.7. The Morgan fingerprint density at radius 2 is 2.39 bits per heavy atom. The van der Waals surface area contributed by atoms with E-state index in [1.165, 1.54) is 24.2 Å². The third-order valence-electron chi connectivity index (χ3n) is 3.18. The van der Waals surface area contributed by atoms with Gasteiger partial charge in [0.2, 0.25) is 0 Å². The van der Waals surface area contributed by atoms with Crippen molar-refractivity contribution in [3.05, 3.63) is 21.4 Å². The Balaban J connectivity index is 2.06. The van der Waals surface area contributed by atoms with E-state index in [-0.39, 0.29) is 0 Å². The summed E-state index contributed by atoms with van der Waals surface area (Å²) in [6.07, 6.45) is 2.92. The zero-order valence-corrected chi connectivity index (χ0v) is 11.2. The standard InChI is InChI=1S/C13H16N2O2S/c1-9-10(7-12(18-9)13(16)17)8-15(6-2-5-14)11-3-4-11/h7,11H,2-4,6,8H2,1H3,(H,16,17). The van der Waals surface area contributed by atoms with Crippen molar-refractivity contribution in [3.8, 4) is 6.07 Å². The molecular formula is C13H16N2O2S. The summed E-state index contributed by atoms with van der Waals surface area (Å²) in [5.41, 5.74) is 1.09. The summed E-state index contributed by atoms with van der Waals surface area (Å²) in [6.45, 7) is 3.50. The predicted molar refractivity (Wildman–Crippen MR) is 69.7 cm³/mol. The van der Waals surface area contributed by atoms with Gasteiger partial charge in [0, 0.05) is 30.4 Å². The molecule has 1 aliphatic rings. The lowest BCUT2D eigenvalue weighted by Gasteiger charge is -2.20. The monoisotopic (exact) mass is 264 g/mol. The van der Waals surface area contributed by atoms with E-state index in [0.29, 0.717) is 17.3 Å². The first-order valence-electron chi connectivity index (χ1n) is 6.05. The molecule has 5 heteroatoms. The molecule has 1 aliphatic carbocycles. The first kappa shape index (κ1) is 13.1. The van der Waals surface area contributed by atoms with Gasteiger partial charge in [0.05, 0.1) is 6.07 Å². The molecule has 0 amide bonds. The molecule has 1 heterocycles. The lowest BCUT2D eigenvalue weighted by molar-refractivity contribution is 0.0702. The quantitative estimate of drug-likeness (QED) is 0.857. The summed E-state index contributed by atoms with van der Waals surface area (Å²) in [4.78, 5) is 14.7. The van der Waals surface area contributed by atoms with E-state index in [1.807, 2.05) is 6.92 Å². The third kappa shape index (κ3) is 3.09. The van der Waals surface area contributed by atoms with E-state index in [9.17, 15) is 4.79 Å². The van der Waals surface area contributed by atoms with Crippen LogP contribution in [-0.2, 0) is 6.54 Å². The molecule has 0 saturated heterocycles. The third-order valence-corrected chi connectivity index (χ3v) is 4.26. The van der Waals surface area contributed by atoms with Gasteiger partial charge in [-0.15, -0.1) is 11.3 Å². The first-order valence-corrected chi connectivity index (χ1v) is 6.87. The number of hydrogen-bond acceptors (Lipinski definition) is 4. The molecule has 1 aromatic heterocycles. The molecule has 0 radical (unpaired) electrons. The van der Waals surface area contributed by atoms with Gasteiger partial charge < -0.3 is 5.11 Å². The molecule has 4 nitrogen and oxygen atoms in total. The van der Waals surface area contributed by atoms with Gasteiger partial charge in [-0.2, -0.15) is 5.26 Å². The largest absolute Gasteiger partial charge is 0.477 e. The molecule has 96 valence electrons. The Bertz CT molecular complexity index is 486. The summed E-state index contributed by atoms with van der Waals surface area (Å²) in [6, 6.07) is 4.53. The second kappa shape index (κ2) is 5.51. The van der Waals surface area contributed by atoms with E-state index in [2.05, 4.69) is 11.0 Å². The van der Waals surface area contributed by atoms with Crippen molar-refractivity contribution in [2.45, 2.75) is 38.8 Å². The van der Waals surface area contributed by atoms with E-state index in [1.54, 1.807) is 6.07 Å². The van der Waals surface area contributed by atoms with Crippen LogP contribution in [0.5, 0.6) is 0 Å². The number of carboxylic acids is 1. The first-order chi connectivity index (χ1) is 8.61. The number of rotatable bonds is 6. The highest BCUT2D eigenvalue weighted by molar-refractivity contribution is 7.14. The Labute approximate surface area is 110 Å². The SMILES string of the molecule is Cc1sc(C(=O)O)cc1CN(CCC#N)C1CC1. The molecule has 18 heavy (non-hydrogen) atoms. The molecule has 2 rings (SSSR count). The molecule has 0 aliphatic heterocycles. The maximum Gasteiger partial charge on any atom is 0.345 e. The average Bonchev–Trinajstić information content (AvgIpc) is 3.10. The number of nitriles is 1. The number of nitrogens with zero attached hydrogens (tertiary/aromatic N) is 2. The molecule has 1 fully saturated rings. The number of thiophene rings is 1. The van der Waals surface area contributed by atoms with Gasteiger partial charge in [0.1, 0.15) is 4.88 Å².